The number of rotatable bonds is 3. The van der Waals surface area contributed by atoms with E-state index in [1.807, 2.05) is 31.3 Å². The maximum atomic E-state index is 4.45. The quantitative estimate of drug-likeness (QED) is 0.796. The lowest BCUT2D eigenvalue weighted by atomic mass is 10.2. The summed E-state index contributed by atoms with van der Waals surface area (Å²) >= 11 is 3.43. The van der Waals surface area contributed by atoms with Crippen molar-refractivity contribution >= 4 is 26.8 Å². The third kappa shape index (κ3) is 2.22. The molecule has 0 atom stereocenters. The molecule has 0 bridgehead atoms. The molecule has 0 fully saturated rings. The molecule has 3 aromatic rings. The number of benzene rings is 1. The highest BCUT2D eigenvalue weighted by molar-refractivity contribution is 9.10. The van der Waals surface area contributed by atoms with E-state index < -0.39 is 0 Å². The zero-order valence-corrected chi connectivity index (χ0v) is 11.8. The first-order valence-corrected chi connectivity index (χ1v) is 6.55. The second-order valence-electron chi connectivity index (χ2n) is 4.04. The Morgan fingerprint density at radius 1 is 1.37 bits per heavy atom. The van der Waals surface area contributed by atoms with Gasteiger partial charge >= 0.3 is 0 Å². The van der Waals surface area contributed by atoms with Crippen LogP contribution in [0.1, 0.15) is 5.82 Å². The van der Waals surface area contributed by atoms with Crippen molar-refractivity contribution in [2.24, 2.45) is 0 Å². The van der Waals surface area contributed by atoms with Gasteiger partial charge in [-0.1, -0.05) is 12.1 Å². The molecule has 0 saturated carbocycles. The zero-order valence-electron chi connectivity index (χ0n) is 10.2. The monoisotopic (exact) mass is 318 g/mol. The van der Waals surface area contributed by atoms with Gasteiger partial charge in [0.05, 0.1) is 17.7 Å². The Labute approximate surface area is 118 Å². The Morgan fingerprint density at radius 2 is 2.26 bits per heavy atom. The van der Waals surface area contributed by atoms with Gasteiger partial charge in [-0.25, -0.2) is 0 Å². The minimum Gasteiger partial charge on any atom is -0.313 e. The summed E-state index contributed by atoms with van der Waals surface area (Å²) < 4.78 is 2.66. The third-order valence-corrected chi connectivity index (χ3v) is 3.19. The summed E-state index contributed by atoms with van der Waals surface area (Å²) in [7, 11) is 1.86. The summed E-state index contributed by atoms with van der Waals surface area (Å²) in [5.41, 5.74) is 1.75. The molecule has 19 heavy (non-hydrogen) atoms. The number of fused-ring (bicyclic) bond motifs is 1. The SMILES string of the molecule is CNCc1nnnn1-c1cccc2cc(Br)cnc12. The molecule has 0 aliphatic heterocycles. The van der Waals surface area contributed by atoms with E-state index >= 15 is 0 Å². The smallest absolute Gasteiger partial charge is 0.170 e. The van der Waals surface area contributed by atoms with E-state index in [-0.39, 0.29) is 0 Å². The van der Waals surface area contributed by atoms with Crippen LogP contribution in [-0.4, -0.2) is 32.2 Å². The normalized spacial score (nSPS) is 11.1. The van der Waals surface area contributed by atoms with Gasteiger partial charge in [-0.2, -0.15) is 4.68 Å². The number of hydrogen-bond donors (Lipinski definition) is 1. The van der Waals surface area contributed by atoms with Gasteiger partial charge in [0, 0.05) is 16.1 Å². The van der Waals surface area contributed by atoms with Crippen LogP contribution in [0.4, 0.5) is 0 Å². The fourth-order valence-corrected chi connectivity index (χ4v) is 2.30. The molecule has 0 unspecified atom stereocenters. The Morgan fingerprint density at radius 3 is 3.11 bits per heavy atom. The standard InChI is InChI=1S/C12H11BrN6/c1-14-7-11-16-17-18-19(11)10-4-2-3-8-5-9(13)6-15-12(8)10/h2-6,14H,7H2,1H3. The van der Waals surface area contributed by atoms with Crippen LogP contribution >= 0.6 is 15.9 Å². The molecule has 0 aliphatic carbocycles. The van der Waals surface area contributed by atoms with E-state index in [1.165, 1.54) is 0 Å². The average Bonchev–Trinajstić information content (AvgIpc) is 2.86. The summed E-state index contributed by atoms with van der Waals surface area (Å²) in [6.07, 6.45) is 1.77. The molecule has 0 spiro atoms. The maximum Gasteiger partial charge on any atom is 0.170 e. The highest BCUT2D eigenvalue weighted by Gasteiger charge is 2.11. The van der Waals surface area contributed by atoms with Crippen LogP contribution < -0.4 is 5.32 Å². The molecule has 0 saturated heterocycles. The van der Waals surface area contributed by atoms with E-state index in [2.05, 4.69) is 41.8 Å². The van der Waals surface area contributed by atoms with Crippen molar-refractivity contribution in [1.29, 1.82) is 0 Å². The first-order valence-electron chi connectivity index (χ1n) is 5.76. The summed E-state index contributed by atoms with van der Waals surface area (Å²) in [5, 5.41) is 15.9. The van der Waals surface area contributed by atoms with Gasteiger partial charge in [0.1, 0.15) is 0 Å². The number of halogens is 1. The van der Waals surface area contributed by atoms with Crippen molar-refractivity contribution in [2.45, 2.75) is 6.54 Å². The van der Waals surface area contributed by atoms with Crippen LogP contribution in [0.25, 0.3) is 16.6 Å². The van der Waals surface area contributed by atoms with Gasteiger partial charge in [0.2, 0.25) is 0 Å². The molecular weight excluding hydrogens is 308 g/mol. The molecule has 1 aromatic carbocycles. The molecule has 0 aliphatic rings. The second-order valence-corrected chi connectivity index (χ2v) is 4.96. The summed E-state index contributed by atoms with van der Waals surface area (Å²) in [6, 6.07) is 7.96. The molecule has 6 nitrogen and oxygen atoms in total. The maximum absolute atomic E-state index is 4.45. The van der Waals surface area contributed by atoms with Crippen LogP contribution in [0.3, 0.4) is 0 Å². The lowest BCUT2D eigenvalue weighted by Gasteiger charge is -2.07. The Kier molecular flexibility index (Phi) is 3.22. The molecule has 1 N–H and O–H groups in total. The third-order valence-electron chi connectivity index (χ3n) is 2.75. The predicted octanol–water partition coefficient (Wildman–Crippen LogP) is 1.69. The fraction of sp³-hybridized carbons (Fsp3) is 0.167. The molecule has 0 amide bonds. The van der Waals surface area contributed by atoms with Crippen molar-refractivity contribution in [2.75, 3.05) is 7.05 Å². The number of hydrogen-bond acceptors (Lipinski definition) is 5. The highest BCUT2D eigenvalue weighted by Crippen LogP contribution is 2.23. The number of tetrazole rings is 1. The Bertz CT molecular complexity index is 723. The molecule has 3 rings (SSSR count). The number of para-hydroxylation sites is 1. The van der Waals surface area contributed by atoms with E-state index in [4.69, 9.17) is 0 Å². The van der Waals surface area contributed by atoms with Gasteiger partial charge in [0.15, 0.2) is 5.82 Å². The lowest BCUT2D eigenvalue weighted by Crippen LogP contribution is -2.12. The lowest BCUT2D eigenvalue weighted by molar-refractivity contribution is 0.710. The van der Waals surface area contributed by atoms with Crippen molar-refractivity contribution < 1.29 is 0 Å². The molecule has 96 valence electrons. The zero-order chi connectivity index (χ0) is 13.2. The van der Waals surface area contributed by atoms with E-state index in [1.54, 1.807) is 10.9 Å². The van der Waals surface area contributed by atoms with Crippen molar-refractivity contribution in [3.8, 4) is 5.69 Å². The minimum absolute atomic E-state index is 0.597. The topological polar surface area (TPSA) is 68.5 Å². The van der Waals surface area contributed by atoms with Crippen LogP contribution in [0.2, 0.25) is 0 Å². The summed E-state index contributed by atoms with van der Waals surface area (Å²) in [6.45, 7) is 0.597. The Balaban J connectivity index is 2.22. The molecular formula is C12H11BrN6. The number of aromatic nitrogens is 5. The number of pyridine rings is 1. The van der Waals surface area contributed by atoms with Crippen LogP contribution in [0, 0.1) is 0 Å². The van der Waals surface area contributed by atoms with Gasteiger partial charge < -0.3 is 5.32 Å². The average molecular weight is 319 g/mol. The van der Waals surface area contributed by atoms with E-state index in [0.717, 1.165) is 26.9 Å². The minimum atomic E-state index is 0.597. The largest absolute Gasteiger partial charge is 0.313 e. The fourth-order valence-electron chi connectivity index (χ4n) is 1.95. The van der Waals surface area contributed by atoms with Crippen LogP contribution in [-0.2, 0) is 6.54 Å². The van der Waals surface area contributed by atoms with E-state index in [0.29, 0.717) is 6.54 Å². The van der Waals surface area contributed by atoms with Gasteiger partial charge in [0.25, 0.3) is 0 Å². The second kappa shape index (κ2) is 5.02. The van der Waals surface area contributed by atoms with Gasteiger partial charge in [-0.3, -0.25) is 4.98 Å². The number of nitrogens with one attached hydrogen (secondary N) is 1. The van der Waals surface area contributed by atoms with Crippen LogP contribution in [0.15, 0.2) is 34.9 Å². The van der Waals surface area contributed by atoms with Crippen molar-refractivity contribution in [3.63, 3.8) is 0 Å². The Hall–Kier alpha value is -1.86. The highest BCUT2D eigenvalue weighted by atomic mass is 79.9. The molecule has 2 heterocycles. The molecule has 2 aromatic heterocycles. The first-order chi connectivity index (χ1) is 9.29. The van der Waals surface area contributed by atoms with Gasteiger partial charge in [-0.05, 0) is 45.5 Å². The van der Waals surface area contributed by atoms with Crippen molar-refractivity contribution in [3.05, 3.63) is 40.8 Å². The van der Waals surface area contributed by atoms with Crippen LogP contribution in [0.5, 0.6) is 0 Å². The molecule has 0 radical (unpaired) electrons. The van der Waals surface area contributed by atoms with E-state index in [9.17, 15) is 0 Å². The van der Waals surface area contributed by atoms with Gasteiger partial charge in [-0.15, -0.1) is 5.10 Å². The number of nitrogens with zero attached hydrogens (tertiary/aromatic N) is 5. The summed E-state index contributed by atoms with van der Waals surface area (Å²) in [5.74, 6) is 0.750. The summed E-state index contributed by atoms with van der Waals surface area (Å²) in [4.78, 5) is 4.45. The molecule has 7 heteroatoms. The predicted molar refractivity (Wildman–Crippen MR) is 74.9 cm³/mol. The van der Waals surface area contributed by atoms with Crippen molar-refractivity contribution in [1.82, 2.24) is 30.5 Å². The first kappa shape index (κ1) is 12.2.